The van der Waals surface area contributed by atoms with Crippen molar-refractivity contribution in [1.29, 1.82) is 0 Å². The lowest BCUT2D eigenvalue weighted by Crippen LogP contribution is -2.62. The minimum atomic E-state index is -0.597. The van der Waals surface area contributed by atoms with Crippen molar-refractivity contribution in [2.24, 2.45) is 0 Å². The van der Waals surface area contributed by atoms with Gasteiger partial charge in [0, 0.05) is 24.5 Å². The Hall–Kier alpha value is -3.68. The number of phenols is 1. The highest BCUT2D eigenvalue weighted by atomic mass is 16.7. The summed E-state index contributed by atoms with van der Waals surface area (Å²) in [7, 11) is 1.66. The van der Waals surface area contributed by atoms with Crippen LogP contribution in [0.1, 0.15) is 22.9 Å². The molecule has 0 aliphatic carbocycles. The first-order chi connectivity index (χ1) is 14.5. The molecule has 0 bridgehead atoms. The first kappa shape index (κ1) is 17.2. The highest BCUT2D eigenvalue weighted by Gasteiger charge is 2.47. The molecule has 1 fully saturated rings. The molecule has 4 heterocycles. The number of fused-ring (bicyclic) bond motifs is 5. The van der Waals surface area contributed by atoms with Crippen molar-refractivity contribution in [1.82, 2.24) is 14.8 Å². The van der Waals surface area contributed by atoms with E-state index in [0.29, 0.717) is 23.4 Å². The zero-order valence-electron chi connectivity index (χ0n) is 16.2. The van der Waals surface area contributed by atoms with Gasteiger partial charge in [0.25, 0.3) is 0 Å². The van der Waals surface area contributed by atoms with Crippen LogP contribution in [0.4, 0.5) is 0 Å². The van der Waals surface area contributed by atoms with Crippen LogP contribution in [0.3, 0.4) is 0 Å². The van der Waals surface area contributed by atoms with Crippen LogP contribution in [0.5, 0.6) is 17.2 Å². The van der Waals surface area contributed by atoms with Crippen molar-refractivity contribution in [3.05, 3.63) is 53.2 Å². The molecule has 3 aromatic rings. The van der Waals surface area contributed by atoms with Crippen LogP contribution in [-0.2, 0) is 16.0 Å². The zero-order chi connectivity index (χ0) is 20.6. The molecule has 3 aliphatic heterocycles. The molecule has 30 heavy (non-hydrogen) atoms. The minimum absolute atomic E-state index is 0.0389. The fourth-order valence-corrected chi connectivity index (χ4v) is 4.89. The van der Waals surface area contributed by atoms with Gasteiger partial charge in [-0.05, 0) is 29.3 Å². The first-order valence-corrected chi connectivity index (χ1v) is 9.81. The van der Waals surface area contributed by atoms with E-state index in [1.165, 1.54) is 4.90 Å². The molecule has 6 rings (SSSR count). The molecule has 0 radical (unpaired) electrons. The third-order valence-corrected chi connectivity index (χ3v) is 6.27. The summed E-state index contributed by atoms with van der Waals surface area (Å²) in [5.41, 5.74) is 3.19. The molecule has 3 aliphatic rings. The molecule has 8 heteroatoms. The van der Waals surface area contributed by atoms with E-state index in [4.69, 9.17) is 9.47 Å². The number of carbonyl (C=O) groups excluding carboxylic acids is 2. The van der Waals surface area contributed by atoms with Gasteiger partial charge in [0.05, 0.1) is 18.1 Å². The van der Waals surface area contributed by atoms with Gasteiger partial charge in [0.15, 0.2) is 11.5 Å². The molecule has 2 aromatic carbocycles. The third-order valence-electron chi connectivity index (χ3n) is 6.27. The smallest absolute Gasteiger partial charge is 0.245 e. The fourth-order valence-electron chi connectivity index (χ4n) is 4.89. The molecule has 2 atom stereocenters. The summed E-state index contributed by atoms with van der Waals surface area (Å²) in [5.74, 6) is 1.21. The summed E-state index contributed by atoms with van der Waals surface area (Å²) < 4.78 is 11.0. The summed E-state index contributed by atoms with van der Waals surface area (Å²) in [5, 5.41) is 11.2. The maximum atomic E-state index is 13.1. The van der Waals surface area contributed by atoms with Crippen LogP contribution >= 0.6 is 0 Å². The van der Waals surface area contributed by atoms with Crippen LogP contribution in [0, 0.1) is 0 Å². The highest BCUT2D eigenvalue weighted by molar-refractivity contribution is 5.98. The number of H-pyrrole nitrogens is 1. The molecule has 2 N–H and O–H groups in total. The fraction of sp³-hybridized carbons (Fsp3) is 0.273. The molecule has 0 spiro atoms. The Bertz CT molecular complexity index is 1230. The lowest BCUT2D eigenvalue weighted by Gasteiger charge is -2.46. The van der Waals surface area contributed by atoms with Gasteiger partial charge in [-0.25, -0.2) is 0 Å². The monoisotopic (exact) mass is 405 g/mol. The molecular formula is C22H19N3O5. The van der Waals surface area contributed by atoms with Crippen molar-refractivity contribution >= 4 is 22.7 Å². The molecule has 2 unspecified atom stereocenters. The van der Waals surface area contributed by atoms with Gasteiger partial charge in [0.2, 0.25) is 18.6 Å². The SMILES string of the molecule is CN1CC(=O)N2C(Cc3c([nH]c4c(O)cccc34)C2c2ccc3c(c2)OCO3)C1=O. The molecule has 1 aromatic heterocycles. The Kier molecular flexibility index (Phi) is 3.39. The molecule has 2 amide bonds. The number of aromatic hydroxyl groups is 1. The summed E-state index contributed by atoms with van der Waals surface area (Å²) in [6, 6.07) is 9.82. The number of aromatic nitrogens is 1. The predicted molar refractivity (Wildman–Crippen MR) is 106 cm³/mol. The number of rotatable bonds is 1. The number of carbonyl (C=O) groups is 2. The number of para-hydroxylation sites is 1. The van der Waals surface area contributed by atoms with E-state index in [0.717, 1.165) is 22.2 Å². The van der Waals surface area contributed by atoms with Gasteiger partial charge in [-0.1, -0.05) is 18.2 Å². The van der Waals surface area contributed by atoms with Crippen LogP contribution in [-0.4, -0.2) is 58.1 Å². The van der Waals surface area contributed by atoms with Crippen LogP contribution < -0.4 is 9.47 Å². The molecule has 8 nitrogen and oxygen atoms in total. The van der Waals surface area contributed by atoms with Crippen LogP contribution in [0.15, 0.2) is 36.4 Å². The maximum Gasteiger partial charge on any atom is 0.245 e. The number of benzene rings is 2. The number of piperazine rings is 1. The van der Waals surface area contributed by atoms with E-state index in [-0.39, 0.29) is 30.9 Å². The average Bonchev–Trinajstić information content (AvgIpc) is 3.35. The van der Waals surface area contributed by atoms with Crippen molar-refractivity contribution in [3.63, 3.8) is 0 Å². The molecular weight excluding hydrogens is 386 g/mol. The van der Waals surface area contributed by atoms with Crippen molar-refractivity contribution in [3.8, 4) is 17.2 Å². The normalized spacial score (nSPS) is 22.4. The number of amides is 2. The summed E-state index contributed by atoms with van der Waals surface area (Å²) >= 11 is 0. The number of nitrogens with zero attached hydrogens (tertiary/aromatic N) is 2. The second-order valence-corrected chi connectivity index (χ2v) is 7.95. The second-order valence-electron chi connectivity index (χ2n) is 7.95. The Morgan fingerprint density at radius 1 is 1.13 bits per heavy atom. The maximum absolute atomic E-state index is 13.1. The quantitative estimate of drug-likeness (QED) is 0.645. The van der Waals surface area contributed by atoms with Gasteiger partial charge >= 0.3 is 0 Å². The predicted octanol–water partition coefficient (Wildman–Crippen LogP) is 1.92. The third kappa shape index (κ3) is 2.21. The summed E-state index contributed by atoms with van der Waals surface area (Å²) in [4.78, 5) is 32.6. The zero-order valence-corrected chi connectivity index (χ0v) is 16.2. The minimum Gasteiger partial charge on any atom is -0.506 e. The Morgan fingerprint density at radius 2 is 1.97 bits per heavy atom. The van der Waals surface area contributed by atoms with Gasteiger partial charge in [-0.2, -0.15) is 0 Å². The average molecular weight is 405 g/mol. The number of phenolic OH excluding ortho intramolecular Hbond substituents is 1. The van der Waals surface area contributed by atoms with Gasteiger partial charge in [0.1, 0.15) is 11.8 Å². The van der Waals surface area contributed by atoms with Crippen molar-refractivity contribution in [2.75, 3.05) is 20.4 Å². The van der Waals surface area contributed by atoms with Crippen molar-refractivity contribution in [2.45, 2.75) is 18.5 Å². The van der Waals surface area contributed by atoms with E-state index in [1.54, 1.807) is 24.1 Å². The highest BCUT2D eigenvalue weighted by Crippen LogP contribution is 2.45. The van der Waals surface area contributed by atoms with E-state index < -0.39 is 12.1 Å². The number of likely N-dealkylation sites (N-methyl/N-ethyl adjacent to an activating group) is 1. The number of hydrogen-bond donors (Lipinski definition) is 2. The topological polar surface area (TPSA) is 95.1 Å². The van der Waals surface area contributed by atoms with E-state index in [9.17, 15) is 14.7 Å². The number of aromatic amines is 1. The second kappa shape index (κ2) is 5.91. The Balaban J connectivity index is 1.61. The first-order valence-electron chi connectivity index (χ1n) is 9.81. The molecule has 1 saturated heterocycles. The largest absolute Gasteiger partial charge is 0.506 e. The Morgan fingerprint density at radius 3 is 2.83 bits per heavy atom. The Labute approximate surface area is 171 Å². The molecule has 0 saturated carbocycles. The number of ether oxygens (including phenoxy) is 2. The van der Waals surface area contributed by atoms with Crippen LogP contribution in [0.25, 0.3) is 10.9 Å². The van der Waals surface area contributed by atoms with Crippen molar-refractivity contribution < 1.29 is 24.2 Å². The lowest BCUT2D eigenvalue weighted by molar-refractivity contribution is -0.157. The van der Waals surface area contributed by atoms with Crippen LogP contribution in [0.2, 0.25) is 0 Å². The van der Waals surface area contributed by atoms with Gasteiger partial charge in [-0.15, -0.1) is 0 Å². The molecule has 152 valence electrons. The number of hydrogen-bond acceptors (Lipinski definition) is 5. The van der Waals surface area contributed by atoms with E-state index in [2.05, 4.69) is 4.98 Å². The standard InChI is InChI=1S/C22H19N3O5/c1-24-9-18(27)25-14(22(24)28)8-13-12-3-2-4-15(26)19(12)23-20(13)21(25)11-5-6-16-17(7-11)30-10-29-16/h2-7,14,21,23,26H,8-10H2,1H3. The number of nitrogens with one attached hydrogen (secondary N) is 1. The summed E-state index contributed by atoms with van der Waals surface area (Å²) in [6.45, 7) is 0.195. The van der Waals surface area contributed by atoms with Gasteiger partial charge < -0.3 is 29.4 Å². The lowest BCUT2D eigenvalue weighted by atomic mass is 9.86. The van der Waals surface area contributed by atoms with E-state index in [1.807, 2.05) is 24.3 Å². The van der Waals surface area contributed by atoms with Gasteiger partial charge in [-0.3, -0.25) is 9.59 Å². The summed E-state index contributed by atoms with van der Waals surface area (Å²) in [6.07, 6.45) is 0.398. The van der Waals surface area contributed by atoms with E-state index >= 15 is 0 Å².